The van der Waals surface area contributed by atoms with Crippen LogP contribution in [-0.4, -0.2) is 38.1 Å². The number of aromatic nitrogens is 3. The molecule has 32 heavy (non-hydrogen) atoms. The third-order valence-electron chi connectivity index (χ3n) is 5.82. The van der Waals surface area contributed by atoms with E-state index in [0.29, 0.717) is 29.1 Å². The highest BCUT2D eigenvalue weighted by Gasteiger charge is 2.40. The first-order chi connectivity index (χ1) is 15.5. The van der Waals surface area contributed by atoms with Gasteiger partial charge < -0.3 is 14.1 Å². The van der Waals surface area contributed by atoms with Gasteiger partial charge in [0.15, 0.2) is 0 Å². The molecule has 1 amide bonds. The van der Waals surface area contributed by atoms with Crippen molar-refractivity contribution in [3.8, 4) is 17.2 Å². The van der Waals surface area contributed by atoms with E-state index in [0.717, 1.165) is 25.7 Å². The average molecular weight is 444 g/mol. The normalized spacial score (nSPS) is 20.6. The Morgan fingerprint density at radius 1 is 1.12 bits per heavy atom. The molecule has 0 radical (unpaired) electrons. The van der Waals surface area contributed by atoms with Gasteiger partial charge in [-0.25, -0.2) is 4.39 Å². The Morgan fingerprint density at radius 3 is 2.66 bits per heavy atom. The Kier molecular flexibility index (Phi) is 5.28. The lowest BCUT2D eigenvalue weighted by atomic mass is 9.91. The minimum atomic E-state index is -2.87. The second-order valence-electron chi connectivity index (χ2n) is 7.86. The van der Waals surface area contributed by atoms with Crippen LogP contribution in [0.25, 0.3) is 11.5 Å². The molecule has 7 nitrogen and oxygen atoms in total. The number of ether oxygens (including phenoxy) is 1. The Balaban J connectivity index is 1.37. The highest BCUT2D eigenvalue weighted by Crippen LogP contribution is 2.34. The summed E-state index contributed by atoms with van der Waals surface area (Å²) in [6, 6.07) is 7.22. The summed E-state index contributed by atoms with van der Waals surface area (Å²) in [5.41, 5.74) is 1.28. The molecule has 1 aromatic carbocycles. The highest BCUT2D eigenvalue weighted by atomic mass is 19.3. The summed E-state index contributed by atoms with van der Waals surface area (Å²) in [5.74, 6) is -0.887. The van der Waals surface area contributed by atoms with E-state index in [2.05, 4.69) is 15.2 Å². The molecule has 166 valence electrons. The monoisotopic (exact) mass is 444 g/mol. The molecular weight excluding hydrogens is 425 g/mol. The van der Waals surface area contributed by atoms with E-state index in [1.54, 1.807) is 23.1 Å². The Hall–Kier alpha value is -3.43. The van der Waals surface area contributed by atoms with Crippen LogP contribution in [0.4, 0.5) is 13.2 Å². The van der Waals surface area contributed by atoms with Crippen LogP contribution in [0.1, 0.15) is 54.1 Å². The van der Waals surface area contributed by atoms with Crippen molar-refractivity contribution < 1.29 is 27.1 Å². The zero-order valence-corrected chi connectivity index (χ0v) is 16.9. The summed E-state index contributed by atoms with van der Waals surface area (Å²) in [6.07, 6.45) is 1.83. The summed E-state index contributed by atoms with van der Waals surface area (Å²) in [5, 5.41) is 6.94. The van der Waals surface area contributed by atoms with E-state index in [-0.39, 0.29) is 29.8 Å². The first-order valence-electron chi connectivity index (χ1n) is 10.3. The molecule has 0 N–H and O–H groups in total. The maximum absolute atomic E-state index is 13.2. The Morgan fingerprint density at radius 2 is 1.91 bits per heavy atom. The van der Waals surface area contributed by atoms with Gasteiger partial charge in [0.1, 0.15) is 17.7 Å². The third-order valence-corrected chi connectivity index (χ3v) is 5.82. The molecule has 5 rings (SSSR count). The number of rotatable bonds is 5. The van der Waals surface area contributed by atoms with E-state index >= 15 is 0 Å². The van der Waals surface area contributed by atoms with Gasteiger partial charge in [-0.2, -0.15) is 8.78 Å². The van der Waals surface area contributed by atoms with Crippen LogP contribution in [0.15, 0.2) is 40.9 Å². The fraction of sp³-hybridized carbons (Fsp3) is 0.364. The molecule has 3 aromatic rings. The quantitative estimate of drug-likeness (QED) is 0.574. The first-order valence-corrected chi connectivity index (χ1v) is 10.3. The molecule has 3 heterocycles. The number of benzene rings is 1. The molecule has 2 aliphatic rings. The molecule has 2 atom stereocenters. The zero-order chi connectivity index (χ0) is 22.2. The van der Waals surface area contributed by atoms with Crippen LogP contribution >= 0.6 is 0 Å². The fourth-order valence-corrected chi connectivity index (χ4v) is 4.28. The molecule has 2 aromatic heterocycles. The highest BCUT2D eigenvalue weighted by molar-refractivity contribution is 5.99. The molecule has 1 fully saturated rings. The molecule has 0 unspecified atom stereocenters. The molecule has 0 spiro atoms. The molecule has 0 bridgehead atoms. The number of hydrogen-bond acceptors (Lipinski definition) is 6. The number of hydrogen-bond donors (Lipinski definition) is 0. The number of nitrogens with zero attached hydrogens (tertiary/aromatic N) is 4. The van der Waals surface area contributed by atoms with Crippen molar-refractivity contribution in [3.05, 3.63) is 59.5 Å². The molecule has 0 saturated heterocycles. The van der Waals surface area contributed by atoms with Crippen LogP contribution in [0.2, 0.25) is 0 Å². The minimum absolute atomic E-state index is 0.114. The number of fused-ring (bicyclic) bond motifs is 1. The second kappa shape index (κ2) is 8.25. The number of carbonyl (C=O) groups is 1. The number of halogens is 3. The van der Waals surface area contributed by atoms with Crippen molar-refractivity contribution >= 4 is 5.91 Å². The zero-order valence-electron chi connectivity index (χ0n) is 16.9. The van der Waals surface area contributed by atoms with Crippen molar-refractivity contribution in [1.82, 2.24) is 20.1 Å². The molecule has 1 aliphatic carbocycles. The smallest absolute Gasteiger partial charge is 0.314 e. The lowest BCUT2D eigenvalue weighted by Crippen LogP contribution is -2.48. The summed E-state index contributed by atoms with van der Waals surface area (Å²) >= 11 is 0. The number of alkyl halides is 2. The largest absolute Gasteiger partial charge is 0.488 e. The maximum atomic E-state index is 13.2. The van der Waals surface area contributed by atoms with Gasteiger partial charge >= 0.3 is 6.43 Å². The fourth-order valence-electron chi connectivity index (χ4n) is 4.28. The molecule has 10 heteroatoms. The SMILES string of the molecule is O=C1c2cc(-c3nnc(C(F)F)o3)cnc2CN1[C@@H]1CCCC[C@H]1Oc1ccc(F)cc1. The van der Waals surface area contributed by atoms with Gasteiger partial charge in [-0.3, -0.25) is 9.78 Å². The van der Waals surface area contributed by atoms with E-state index in [1.165, 1.54) is 18.3 Å². The average Bonchev–Trinajstić information content (AvgIpc) is 3.41. The van der Waals surface area contributed by atoms with Crippen molar-refractivity contribution in [2.75, 3.05) is 0 Å². The topological polar surface area (TPSA) is 81.3 Å². The lowest BCUT2D eigenvalue weighted by Gasteiger charge is -2.37. The Bertz CT molecular complexity index is 1140. The van der Waals surface area contributed by atoms with Crippen LogP contribution < -0.4 is 4.74 Å². The molecule has 1 aliphatic heterocycles. The summed E-state index contributed by atoms with van der Waals surface area (Å²) in [7, 11) is 0. The predicted molar refractivity (Wildman–Crippen MR) is 105 cm³/mol. The van der Waals surface area contributed by atoms with Crippen molar-refractivity contribution in [3.63, 3.8) is 0 Å². The number of carbonyl (C=O) groups excluding carboxylic acids is 1. The molecular formula is C22H19F3N4O3. The summed E-state index contributed by atoms with van der Waals surface area (Å²) in [4.78, 5) is 19.3. The van der Waals surface area contributed by atoms with E-state index < -0.39 is 12.3 Å². The lowest BCUT2D eigenvalue weighted by molar-refractivity contribution is 0.0296. The van der Waals surface area contributed by atoms with Crippen molar-refractivity contribution in [1.29, 1.82) is 0 Å². The number of pyridine rings is 1. The Labute approximate surface area is 181 Å². The van der Waals surface area contributed by atoms with Crippen molar-refractivity contribution in [2.24, 2.45) is 0 Å². The van der Waals surface area contributed by atoms with E-state index in [9.17, 15) is 18.0 Å². The van der Waals surface area contributed by atoms with Crippen LogP contribution in [0.3, 0.4) is 0 Å². The summed E-state index contributed by atoms with van der Waals surface area (Å²) in [6.45, 7) is 0.328. The van der Waals surface area contributed by atoms with Gasteiger partial charge in [0.25, 0.3) is 11.8 Å². The van der Waals surface area contributed by atoms with Gasteiger partial charge in [-0.05, 0) is 49.6 Å². The van der Waals surface area contributed by atoms with E-state index in [4.69, 9.17) is 9.15 Å². The van der Waals surface area contributed by atoms with Gasteiger partial charge in [0.05, 0.1) is 29.4 Å². The summed E-state index contributed by atoms with van der Waals surface area (Å²) < 4.78 is 49.8. The minimum Gasteiger partial charge on any atom is -0.488 e. The second-order valence-corrected chi connectivity index (χ2v) is 7.86. The van der Waals surface area contributed by atoms with Crippen LogP contribution in [-0.2, 0) is 6.54 Å². The van der Waals surface area contributed by atoms with Crippen LogP contribution in [0.5, 0.6) is 5.75 Å². The van der Waals surface area contributed by atoms with Crippen LogP contribution in [0, 0.1) is 5.82 Å². The molecule has 1 saturated carbocycles. The van der Waals surface area contributed by atoms with Gasteiger partial charge in [0.2, 0.25) is 5.89 Å². The van der Waals surface area contributed by atoms with Gasteiger partial charge in [-0.1, -0.05) is 6.42 Å². The standard InChI is InChI=1S/C22H19F3N4O3/c23-13-5-7-14(8-6-13)31-18-4-2-1-3-17(18)29-11-16-15(22(29)30)9-12(10-26-16)20-27-28-21(32-20)19(24)25/h5-10,17-19H,1-4,11H2/t17-,18-/m1/s1. The van der Waals surface area contributed by atoms with Gasteiger partial charge in [0, 0.05) is 6.20 Å². The van der Waals surface area contributed by atoms with Crippen molar-refractivity contribution in [2.45, 2.75) is 50.8 Å². The van der Waals surface area contributed by atoms with E-state index in [1.807, 2.05) is 0 Å². The third kappa shape index (κ3) is 3.80. The maximum Gasteiger partial charge on any atom is 0.314 e. The van der Waals surface area contributed by atoms with Gasteiger partial charge in [-0.15, -0.1) is 10.2 Å². The first kappa shape index (κ1) is 20.5. The number of amides is 1. The predicted octanol–water partition coefficient (Wildman–Crippen LogP) is 4.55.